The predicted octanol–water partition coefficient (Wildman–Crippen LogP) is 7.55. The fourth-order valence-corrected chi connectivity index (χ4v) is 4.90. The normalized spacial score (nSPS) is 15.1. The molecule has 1 N–H and O–H groups in total. The molecule has 0 saturated carbocycles. The van der Waals surface area contributed by atoms with Crippen molar-refractivity contribution in [3.05, 3.63) is 150 Å². The molecular formula is C34H24N4. The molecule has 1 aliphatic heterocycles. The quantitative estimate of drug-likeness (QED) is 0.261. The van der Waals surface area contributed by atoms with E-state index in [0.717, 1.165) is 61.3 Å². The second kappa shape index (κ2) is 9.41. The number of fused-ring (bicyclic) bond motifs is 2. The molecule has 38 heavy (non-hydrogen) atoms. The lowest BCUT2D eigenvalue weighted by Crippen LogP contribution is -2.33. The van der Waals surface area contributed by atoms with Gasteiger partial charge in [0.2, 0.25) is 0 Å². The number of rotatable bonds is 4. The molecule has 180 valence electrons. The summed E-state index contributed by atoms with van der Waals surface area (Å²) in [5.74, 6) is 1.55. The average Bonchev–Trinajstić information content (AvgIpc) is 3.00. The molecule has 4 heteroatoms. The molecule has 0 bridgehead atoms. The topological polar surface area (TPSA) is 49.6 Å². The van der Waals surface area contributed by atoms with E-state index in [1.165, 1.54) is 0 Å². The number of aromatic nitrogens is 1. The highest BCUT2D eigenvalue weighted by molar-refractivity contribution is 6.13. The van der Waals surface area contributed by atoms with Crippen LogP contribution in [0, 0.1) is 0 Å². The maximum absolute atomic E-state index is 4.98. The zero-order chi connectivity index (χ0) is 25.3. The van der Waals surface area contributed by atoms with Gasteiger partial charge in [-0.05, 0) is 41.0 Å². The van der Waals surface area contributed by atoms with Crippen molar-refractivity contribution in [2.24, 2.45) is 9.98 Å². The first kappa shape index (κ1) is 22.1. The van der Waals surface area contributed by atoms with E-state index in [-0.39, 0.29) is 6.17 Å². The molecule has 1 unspecified atom stereocenters. The highest BCUT2D eigenvalue weighted by atomic mass is 15.2. The van der Waals surface area contributed by atoms with E-state index in [1.54, 1.807) is 0 Å². The van der Waals surface area contributed by atoms with Gasteiger partial charge >= 0.3 is 0 Å². The number of nitrogens with one attached hydrogen (secondary N) is 1. The molecule has 4 nitrogen and oxygen atoms in total. The van der Waals surface area contributed by atoms with E-state index in [2.05, 4.69) is 84.2 Å². The first-order chi connectivity index (χ1) is 18.8. The monoisotopic (exact) mass is 488 g/mol. The molecule has 1 aliphatic rings. The fourth-order valence-electron chi connectivity index (χ4n) is 4.90. The molecule has 2 heterocycles. The summed E-state index contributed by atoms with van der Waals surface area (Å²) in [5.41, 5.74) is 7.47. The van der Waals surface area contributed by atoms with Crippen LogP contribution in [0.4, 0.5) is 0 Å². The van der Waals surface area contributed by atoms with Crippen LogP contribution in [0.3, 0.4) is 0 Å². The van der Waals surface area contributed by atoms with Crippen LogP contribution in [0.1, 0.15) is 22.9 Å². The molecule has 6 aromatic rings. The summed E-state index contributed by atoms with van der Waals surface area (Å²) in [6.45, 7) is 0. The van der Waals surface area contributed by atoms with Crippen molar-refractivity contribution in [3.63, 3.8) is 0 Å². The van der Waals surface area contributed by atoms with E-state index in [4.69, 9.17) is 15.0 Å². The summed E-state index contributed by atoms with van der Waals surface area (Å²) in [7, 11) is 0. The Morgan fingerprint density at radius 2 is 1.16 bits per heavy atom. The summed E-state index contributed by atoms with van der Waals surface area (Å²) in [4.78, 5) is 14.7. The van der Waals surface area contributed by atoms with Gasteiger partial charge in [0.25, 0.3) is 0 Å². The average molecular weight is 489 g/mol. The summed E-state index contributed by atoms with van der Waals surface area (Å²) in [6.07, 6.45) is -0.237. The minimum atomic E-state index is -0.237. The van der Waals surface area contributed by atoms with Gasteiger partial charge in [0.1, 0.15) is 12.0 Å². The Morgan fingerprint density at radius 1 is 0.500 bits per heavy atom. The van der Waals surface area contributed by atoms with Gasteiger partial charge < -0.3 is 5.32 Å². The second-order valence-corrected chi connectivity index (χ2v) is 9.40. The first-order valence-corrected chi connectivity index (χ1v) is 12.7. The standard InChI is InChI=1S/C34H24N4/c1-3-9-24(10-4-1)32-36-33(25-11-5-2-6-12-25)38-34(37-32)26-17-15-23(16-18-26)27-19-20-31-29(21-27)22-28-13-7-8-14-30(28)35-31/h1-22,34H,(H,36,37,38). The van der Waals surface area contributed by atoms with Gasteiger partial charge in [-0.15, -0.1) is 0 Å². The Labute approximate surface area is 221 Å². The Balaban J connectivity index is 1.23. The summed E-state index contributed by atoms with van der Waals surface area (Å²) < 4.78 is 0. The van der Waals surface area contributed by atoms with Crippen molar-refractivity contribution >= 4 is 33.5 Å². The molecule has 5 aromatic carbocycles. The molecule has 1 aromatic heterocycles. The van der Waals surface area contributed by atoms with Gasteiger partial charge in [0.15, 0.2) is 5.84 Å². The SMILES string of the molecule is c1ccc(C2=NC(c3ccc(-c4ccc5nc6ccccc6cc5c4)cc3)NC(c3ccccc3)=N2)cc1. The Bertz CT molecular complexity index is 1820. The van der Waals surface area contributed by atoms with Crippen LogP contribution >= 0.6 is 0 Å². The van der Waals surface area contributed by atoms with Crippen molar-refractivity contribution in [1.82, 2.24) is 10.3 Å². The maximum Gasteiger partial charge on any atom is 0.159 e. The molecule has 7 rings (SSSR count). The van der Waals surface area contributed by atoms with Gasteiger partial charge in [-0.2, -0.15) is 0 Å². The number of pyridine rings is 1. The second-order valence-electron chi connectivity index (χ2n) is 9.40. The van der Waals surface area contributed by atoms with Crippen LogP contribution in [0.15, 0.2) is 143 Å². The third kappa shape index (κ3) is 4.22. The van der Waals surface area contributed by atoms with E-state index in [0.29, 0.717) is 0 Å². The van der Waals surface area contributed by atoms with E-state index >= 15 is 0 Å². The maximum atomic E-state index is 4.98. The zero-order valence-corrected chi connectivity index (χ0v) is 20.6. The number of para-hydroxylation sites is 1. The van der Waals surface area contributed by atoms with Crippen molar-refractivity contribution in [2.45, 2.75) is 6.17 Å². The molecule has 0 radical (unpaired) electrons. The lowest BCUT2D eigenvalue weighted by Gasteiger charge is -2.23. The first-order valence-electron chi connectivity index (χ1n) is 12.7. The van der Waals surface area contributed by atoms with Gasteiger partial charge in [-0.3, -0.25) is 0 Å². The van der Waals surface area contributed by atoms with Crippen LogP contribution in [-0.2, 0) is 0 Å². The Morgan fingerprint density at radius 3 is 1.95 bits per heavy atom. The van der Waals surface area contributed by atoms with Crippen molar-refractivity contribution < 1.29 is 0 Å². The van der Waals surface area contributed by atoms with E-state index in [9.17, 15) is 0 Å². The van der Waals surface area contributed by atoms with E-state index < -0.39 is 0 Å². The molecule has 0 spiro atoms. The van der Waals surface area contributed by atoms with Crippen LogP contribution in [-0.4, -0.2) is 16.7 Å². The lowest BCUT2D eigenvalue weighted by molar-refractivity contribution is 0.674. The number of nitrogens with zero attached hydrogens (tertiary/aromatic N) is 3. The largest absolute Gasteiger partial charge is 0.344 e. The number of aliphatic imine (C=N–C) groups is 2. The fraction of sp³-hybridized carbons (Fsp3) is 0.0294. The lowest BCUT2D eigenvalue weighted by atomic mass is 10.00. The number of amidine groups is 2. The zero-order valence-electron chi connectivity index (χ0n) is 20.6. The van der Waals surface area contributed by atoms with Crippen molar-refractivity contribution in [2.75, 3.05) is 0 Å². The van der Waals surface area contributed by atoms with Crippen molar-refractivity contribution in [3.8, 4) is 11.1 Å². The highest BCUT2D eigenvalue weighted by Gasteiger charge is 2.20. The smallest absolute Gasteiger partial charge is 0.159 e. The summed E-state index contributed by atoms with van der Waals surface area (Å²) >= 11 is 0. The Hall–Kier alpha value is -5.09. The van der Waals surface area contributed by atoms with Gasteiger partial charge in [-0.25, -0.2) is 15.0 Å². The summed E-state index contributed by atoms with van der Waals surface area (Å²) in [5, 5.41) is 5.83. The number of hydrogen-bond donors (Lipinski definition) is 1. The highest BCUT2D eigenvalue weighted by Crippen LogP contribution is 2.28. The number of hydrogen-bond acceptors (Lipinski definition) is 4. The van der Waals surface area contributed by atoms with Crippen LogP contribution in [0.2, 0.25) is 0 Å². The minimum Gasteiger partial charge on any atom is -0.344 e. The van der Waals surface area contributed by atoms with Gasteiger partial charge in [0, 0.05) is 21.9 Å². The molecular weight excluding hydrogens is 464 g/mol. The molecule has 0 saturated heterocycles. The van der Waals surface area contributed by atoms with E-state index in [1.807, 2.05) is 54.6 Å². The van der Waals surface area contributed by atoms with Gasteiger partial charge in [-0.1, -0.05) is 109 Å². The Kier molecular flexibility index (Phi) is 5.48. The third-order valence-electron chi connectivity index (χ3n) is 6.90. The van der Waals surface area contributed by atoms with Gasteiger partial charge in [0.05, 0.1) is 11.0 Å². The van der Waals surface area contributed by atoms with Crippen LogP contribution in [0.25, 0.3) is 32.9 Å². The minimum absolute atomic E-state index is 0.237. The van der Waals surface area contributed by atoms with Crippen LogP contribution < -0.4 is 5.32 Å². The third-order valence-corrected chi connectivity index (χ3v) is 6.90. The summed E-state index contributed by atoms with van der Waals surface area (Å²) in [6, 6.07) is 45.9. The molecule has 0 amide bonds. The number of benzene rings is 5. The molecule has 0 fully saturated rings. The molecule has 1 atom stereocenters. The molecule has 0 aliphatic carbocycles. The predicted molar refractivity (Wildman–Crippen MR) is 157 cm³/mol. The van der Waals surface area contributed by atoms with Crippen molar-refractivity contribution in [1.29, 1.82) is 0 Å². The van der Waals surface area contributed by atoms with Crippen LogP contribution in [0.5, 0.6) is 0 Å².